The Morgan fingerprint density at radius 2 is 2.03 bits per heavy atom. The number of anilines is 1. The van der Waals surface area contributed by atoms with E-state index in [1.54, 1.807) is 4.90 Å². The number of carbonyl (C=O) groups excluding carboxylic acids is 2. The van der Waals surface area contributed by atoms with Crippen LogP contribution in [-0.4, -0.2) is 50.8 Å². The highest BCUT2D eigenvalue weighted by Crippen LogP contribution is 2.38. The number of hydrogen-bond acceptors (Lipinski definition) is 5. The average Bonchev–Trinajstić information content (AvgIpc) is 3.19. The quantitative estimate of drug-likeness (QED) is 0.822. The highest BCUT2D eigenvalue weighted by atomic mass is 16.6. The summed E-state index contributed by atoms with van der Waals surface area (Å²) < 4.78 is 5.39. The molecular formula is C21H27N5O3. The van der Waals surface area contributed by atoms with Gasteiger partial charge in [0.15, 0.2) is 5.82 Å². The highest BCUT2D eigenvalue weighted by Gasteiger charge is 2.33. The van der Waals surface area contributed by atoms with Gasteiger partial charge >= 0.3 is 6.09 Å². The molecule has 29 heavy (non-hydrogen) atoms. The highest BCUT2D eigenvalue weighted by molar-refractivity contribution is 5.93. The molecule has 0 radical (unpaired) electrons. The number of aromatic nitrogens is 3. The van der Waals surface area contributed by atoms with Crippen LogP contribution in [0.5, 0.6) is 0 Å². The largest absolute Gasteiger partial charge is 0.444 e. The minimum atomic E-state index is -0.544. The van der Waals surface area contributed by atoms with Gasteiger partial charge < -0.3 is 15.0 Å². The summed E-state index contributed by atoms with van der Waals surface area (Å²) in [4.78, 5) is 31.0. The van der Waals surface area contributed by atoms with Gasteiger partial charge in [0, 0.05) is 30.3 Å². The van der Waals surface area contributed by atoms with Crippen molar-refractivity contribution in [2.24, 2.45) is 5.92 Å². The van der Waals surface area contributed by atoms with Crippen molar-refractivity contribution >= 4 is 17.7 Å². The third-order valence-corrected chi connectivity index (χ3v) is 5.07. The zero-order chi connectivity index (χ0) is 20.6. The van der Waals surface area contributed by atoms with Crippen molar-refractivity contribution < 1.29 is 14.3 Å². The number of ether oxygens (including phenoxy) is 1. The lowest BCUT2D eigenvalue weighted by Gasteiger charge is -2.24. The molecule has 2 N–H and O–H groups in total. The number of nitrogens with zero attached hydrogens (tertiary/aromatic N) is 3. The molecule has 1 aliphatic heterocycles. The summed E-state index contributed by atoms with van der Waals surface area (Å²) in [5.74, 6) is 1.73. The van der Waals surface area contributed by atoms with Crippen LogP contribution < -0.4 is 5.32 Å². The molecule has 154 valence electrons. The van der Waals surface area contributed by atoms with E-state index in [-0.39, 0.29) is 17.9 Å². The van der Waals surface area contributed by atoms with Crippen LogP contribution in [0, 0.1) is 5.92 Å². The van der Waals surface area contributed by atoms with Crippen LogP contribution in [0.2, 0.25) is 0 Å². The normalized spacial score (nSPS) is 19.3. The topological polar surface area (TPSA) is 100 Å². The molecule has 0 spiro atoms. The summed E-state index contributed by atoms with van der Waals surface area (Å²) in [6.07, 6.45) is 2.57. The summed E-state index contributed by atoms with van der Waals surface area (Å²) in [7, 11) is 0. The first-order valence-electron chi connectivity index (χ1n) is 10.1. The van der Waals surface area contributed by atoms with E-state index in [2.05, 4.69) is 20.5 Å². The first-order chi connectivity index (χ1) is 13.8. The van der Waals surface area contributed by atoms with Crippen molar-refractivity contribution in [3.05, 3.63) is 30.1 Å². The van der Waals surface area contributed by atoms with Crippen LogP contribution in [0.25, 0.3) is 11.4 Å². The molecule has 4 rings (SSSR count). The first kappa shape index (κ1) is 19.4. The second-order valence-corrected chi connectivity index (χ2v) is 8.80. The van der Waals surface area contributed by atoms with Crippen LogP contribution in [0.1, 0.15) is 51.8 Å². The van der Waals surface area contributed by atoms with Crippen LogP contribution in [-0.2, 0) is 9.53 Å². The van der Waals surface area contributed by atoms with E-state index < -0.39 is 5.60 Å². The number of hydrogen-bond donors (Lipinski definition) is 2. The third-order valence-electron chi connectivity index (χ3n) is 5.07. The van der Waals surface area contributed by atoms with E-state index in [1.807, 2.05) is 45.0 Å². The minimum absolute atomic E-state index is 0.0955. The first-order valence-corrected chi connectivity index (χ1v) is 10.1. The molecular weight excluding hydrogens is 370 g/mol. The van der Waals surface area contributed by atoms with Gasteiger partial charge in [0.1, 0.15) is 11.4 Å². The fraction of sp³-hybridized carbons (Fsp3) is 0.524. The van der Waals surface area contributed by atoms with Gasteiger partial charge in [-0.3, -0.25) is 9.89 Å². The number of nitrogens with one attached hydrogen (secondary N) is 2. The molecule has 1 saturated heterocycles. The molecule has 1 aromatic carbocycles. The lowest BCUT2D eigenvalue weighted by molar-refractivity contribution is -0.119. The van der Waals surface area contributed by atoms with Crippen molar-refractivity contribution in [1.29, 1.82) is 0 Å². The van der Waals surface area contributed by atoms with Crippen molar-refractivity contribution in [3.8, 4) is 11.4 Å². The molecule has 2 fully saturated rings. The monoisotopic (exact) mass is 397 g/mol. The van der Waals surface area contributed by atoms with Gasteiger partial charge in [-0.15, -0.1) is 0 Å². The van der Waals surface area contributed by atoms with E-state index in [1.165, 1.54) is 0 Å². The number of rotatable bonds is 4. The minimum Gasteiger partial charge on any atom is -0.444 e. The lowest BCUT2D eigenvalue weighted by atomic mass is 10.1. The second kappa shape index (κ2) is 7.50. The van der Waals surface area contributed by atoms with Gasteiger partial charge in [0.05, 0.1) is 5.92 Å². The van der Waals surface area contributed by atoms with Gasteiger partial charge in [0.25, 0.3) is 0 Å². The van der Waals surface area contributed by atoms with E-state index in [0.29, 0.717) is 36.9 Å². The Kier molecular flexibility index (Phi) is 5.02. The zero-order valence-corrected chi connectivity index (χ0v) is 17.1. The van der Waals surface area contributed by atoms with Gasteiger partial charge in [-0.05, 0) is 52.2 Å². The molecule has 1 saturated carbocycles. The Bertz CT molecular complexity index is 913. The lowest BCUT2D eigenvalue weighted by Crippen LogP contribution is -2.36. The maximum atomic E-state index is 12.7. The number of H-pyrrole nitrogens is 1. The SMILES string of the molecule is CC(C)(C)OC(=O)N1CCC(C(=O)Nc2cccc(-c3n[nH]c(C4CC4)n3)c2)C1. The standard InChI is InChI=1S/C21H27N5O3/c1-21(2,3)29-20(28)26-10-9-15(12-26)19(27)22-16-6-4-5-14(11-16)18-23-17(24-25-18)13-7-8-13/h4-6,11,13,15H,7-10,12H2,1-3H3,(H,22,27)(H,23,24,25). The summed E-state index contributed by atoms with van der Waals surface area (Å²) >= 11 is 0. The summed E-state index contributed by atoms with van der Waals surface area (Å²) in [5.41, 5.74) is 1.01. The Balaban J connectivity index is 1.37. The number of aromatic amines is 1. The molecule has 2 heterocycles. The van der Waals surface area contributed by atoms with Crippen molar-refractivity contribution in [3.63, 3.8) is 0 Å². The maximum Gasteiger partial charge on any atom is 0.410 e. The molecule has 1 aliphatic carbocycles. The Labute approximate surface area is 170 Å². The molecule has 2 aliphatic rings. The summed E-state index contributed by atoms with van der Waals surface area (Å²) in [6.45, 7) is 6.39. The van der Waals surface area contributed by atoms with Crippen LogP contribution in [0.15, 0.2) is 24.3 Å². The van der Waals surface area contributed by atoms with Gasteiger partial charge in [0.2, 0.25) is 5.91 Å². The van der Waals surface area contributed by atoms with Crippen molar-refractivity contribution in [2.75, 3.05) is 18.4 Å². The predicted molar refractivity (Wildman–Crippen MR) is 108 cm³/mol. The molecule has 1 aromatic heterocycles. The van der Waals surface area contributed by atoms with Crippen molar-refractivity contribution in [2.45, 2.75) is 51.6 Å². The number of carbonyl (C=O) groups is 2. The summed E-state index contributed by atoms with van der Waals surface area (Å²) in [5, 5.41) is 10.3. The fourth-order valence-corrected chi connectivity index (χ4v) is 3.39. The predicted octanol–water partition coefficient (Wildman–Crippen LogP) is 3.54. The second-order valence-electron chi connectivity index (χ2n) is 8.80. The smallest absolute Gasteiger partial charge is 0.410 e. The molecule has 2 amide bonds. The summed E-state index contributed by atoms with van der Waals surface area (Å²) in [6, 6.07) is 7.52. The van der Waals surface area contributed by atoms with Crippen LogP contribution in [0.3, 0.4) is 0 Å². The Hall–Kier alpha value is -2.90. The number of benzene rings is 1. The van der Waals surface area contributed by atoms with Gasteiger partial charge in [-0.2, -0.15) is 5.10 Å². The fourth-order valence-electron chi connectivity index (χ4n) is 3.39. The third kappa shape index (κ3) is 4.75. The molecule has 1 unspecified atom stereocenters. The molecule has 8 nitrogen and oxygen atoms in total. The van der Waals surface area contributed by atoms with E-state index >= 15 is 0 Å². The van der Waals surface area contributed by atoms with Crippen molar-refractivity contribution in [1.82, 2.24) is 20.1 Å². The number of likely N-dealkylation sites (tertiary alicyclic amines) is 1. The van der Waals surface area contributed by atoms with E-state index in [4.69, 9.17) is 4.74 Å². The van der Waals surface area contributed by atoms with Crippen LogP contribution in [0.4, 0.5) is 10.5 Å². The van der Waals surface area contributed by atoms with E-state index in [0.717, 1.165) is 24.2 Å². The Morgan fingerprint density at radius 1 is 1.24 bits per heavy atom. The average molecular weight is 397 g/mol. The Morgan fingerprint density at radius 3 is 2.76 bits per heavy atom. The van der Waals surface area contributed by atoms with E-state index in [9.17, 15) is 9.59 Å². The molecule has 0 bridgehead atoms. The van der Waals surface area contributed by atoms with Gasteiger partial charge in [-0.25, -0.2) is 9.78 Å². The molecule has 1 atom stereocenters. The maximum absolute atomic E-state index is 12.7. The molecule has 2 aromatic rings. The zero-order valence-electron chi connectivity index (χ0n) is 17.1. The molecule has 8 heteroatoms. The number of amides is 2. The van der Waals surface area contributed by atoms with Crippen LogP contribution >= 0.6 is 0 Å². The van der Waals surface area contributed by atoms with Gasteiger partial charge in [-0.1, -0.05) is 12.1 Å².